The van der Waals surface area contributed by atoms with Gasteiger partial charge in [0.15, 0.2) is 0 Å². The third kappa shape index (κ3) is 2.35. The van der Waals surface area contributed by atoms with E-state index in [9.17, 15) is 18.4 Å². The van der Waals surface area contributed by atoms with E-state index < -0.39 is 22.8 Å². The highest BCUT2D eigenvalue weighted by Gasteiger charge is 2.11. The van der Waals surface area contributed by atoms with Crippen molar-refractivity contribution >= 4 is 16.8 Å². The first kappa shape index (κ1) is 9.85. The molecule has 13 heavy (non-hydrogen) atoms. The van der Waals surface area contributed by atoms with Crippen molar-refractivity contribution in [3.63, 3.8) is 0 Å². The van der Waals surface area contributed by atoms with Gasteiger partial charge in [-0.1, -0.05) is 0 Å². The van der Waals surface area contributed by atoms with Gasteiger partial charge in [-0.05, 0) is 17.7 Å². The van der Waals surface area contributed by atoms with E-state index in [1.165, 1.54) is 0 Å². The normalized spacial score (nSPS) is 10.5. The molecule has 0 amide bonds. The molecule has 0 radical (unpaired) electrons. The van der Waals surface area contributed by atoms with Crippen molar-refractivity contribution in [2.24, 2.45) is 0 Å². The van der Waals surface area contributed by atoms with Crippen LogP contribution in [0.25, 0.3) is 0 Å². The number of aromatic amines is 1. The fourth-order valence-electron chi connectivity index (χ4n) is 0.796. The van der Waals surface area contributed by atoms with Gasteiger partial charge in [0.1, 0.15) is 5.69 Å². The van der Waals surface area contributed by atoms with Crippen molar-refractivity contribution in [1.82, 2.24) is 4.98 Å². The number of carbonyl (C=O) groups excluding carboxylic acids is 1. The lowest BCUT2D eigenvalue weighted by molar-refractivity contribution is 0.107. The highest BCUT2D eigenvalue weighted by atomic mass is 35.5. The van der Waals surface area contributed by atoms with Crippen LogP contribution in [-0.4, -0.2) is 10.2 Å². The van der Waals surface area contributed by atoms with Gasteiger partial charge < -0.3 is 4.98 Å². The van der Waals surface area contributed by atoms with Crippen LogP contribution in [0.5, 0.6) is 0 Å². The molecule has 3 nitrogen and oxygen atoms in total. The number of hydrogen-bond acceptors (Lipinski definition) is 2. The van der Waals surface area contributed by atoms with Gasteiger partial charge in [-0.15, -0.1) is 0 Å². The molecule has 1 rings (SSSR count). The molecule has 0 unspecified atom stereocenters. The van der Waals surface area contributed by atoms with E-state index >= 15 is 0 Å². The smallest absolute Gasteiger partial charge is 0.268 e. The molecule has 1 aromatic heterocycles. The summed E-state index contributed by atoms with van der Waals surface area (Å²) in [7, 11) is 0. The molecule has 1 heterocycles. The average Bonchev–Trinajstić information content (AvgIpc) is 2.03. The molecule has 0 saturated heterocycles. The van der Waals surface area contributed by atoms with Gasteiger partial charge in [0, 0.05) is 11.6 Å². The van der Waals surface area contributed by atoms with Crippen LogP contribution in [0, 0.1) is 0 Å². The molecule has 0 fully saturated rings. The number of rotatable bonds is 2. The lowest BCUT2D eigenvalue weighted by Gasteiger charge is -1.99. The molecule has 70 valence electrons. The summed E-state index contributed by atoms with van der Waals surface area (Å²) >= 11 is 5.00. The lowest BCUT2D eigenvalue weighted by atomic mass is 10.2. The standard InChI is InChI=1S/C7H4ClF2NO2/c8-6(13)4-1-3(7(9)10)2-5(12)11-4/h1-2,7H,(H,11,12). The Morgan fingerprint density at radius 2 is 2.08 bits per heavy atom. The maximum atomic E-state index is 12.1. The summed E-state index contributed by atoms with van der Waals surface area (Å²) in [4.78, 5) is 23.3. The summed E-state index contributed by atoms with van der Waals surface area (Å²) in [6.45, 7) is 0. The highest BCUT2D eigenvalue weighted by molar-refractivity contribution is 6.67. The maximum absolute atomic E-state index is 12.1. The SMILES string of the molecule is O=C(Cl)c1cc(C(F)F)cc(=O)[nH]1. The van der Waals surface area contributed by atoms with Gasteiger partial charge in [-0.3, -0.25) is 9.59 Å². The van der Waals surface area contributed by atoms with Crippen LogP contribution in [-0.2, 0) is 0 Å². The van der Waals surface area contributed by atoms with E-state index in [2.05, 4.69) is 0 Å². The topological polar surface area (TPSA) is 49.9 Å². The number of hydrogen-bond donors (Lipinski definition) is 1. The van der Waals surface area contributed by atoms with Crippen molar-refractivity contribution in [3.05, 3.63) is 33.7 Å². The van der Waals surface area contributed by atoms with Crippen molar-refractivity contribution in [3.8, 4) is 0 Å². The predicted molar refractivity (Wildman–Crippen MR) is 42.2 cm³/mol. The first-order chi connectivity index (χ1) is 6.00. The van der Waals surface area contributed by atoms with Crippen molar-refractivity contribution in [1.29, 1.82) is 0 Å². The Balaban J connectivity index is 3.27. The maximum Gasteiger partial charge on any atom is 0.268 e. The number of aromatic nitrogens is 1. The molecule has 0 atom stereocenters. The monoisotopic (exact) mass is 207 g/mol. The minimum Gasteiger partial charge on any atom is -0.318 e. The molecule has 0 aromatic carbocycles. The van der Waals surface area contributed by atoms with E-state index in [0.29, 0.717) is 6.07 Å². The number of alkyl halides is 2. The lowest BCUT2D eigenvalue weighted by Crippen LogP contribution is -2.11. The zero-order valence-corrected chi connectivity index (χ0v) is 6.94. The van der Waals surface area contributed by atoms with Crippen LogP contribution in [0.15, 0.2) is 16.9 Å². The summed E-state index contributed by atoms with van der Waals surface area (Å²) in [5, 5.41) is -0.973. The minimum atomic E-state index is -2.79. The molecular weight excluding hydrogens is 204 g/mol. The van der Waals surface area contributed by atoms with Gasteiger partial charge >= 0.3 is 0 Å². The van der Waals surface area contributed by atoms with Crippen molar-refractivity contribution in [2.75, 3.05) is 0 Å². The van der Waals surface area contributed by atoms with E-state index in [1.54, 1.807) is 0 Å². The van der Waals surface area contributed by atoms with Crippen molar-refractivity contribution < 1.29 is 13.6 Å². The predicted octanol–water partition coefficient (Wildman–Crippen LogP) is 1.69. The second-order valence-corrected chi connectivity index (χ2v) is 2.61. The summed E-state index contributed by atoms with van der Waals surface area (Å²) in [6.07, 6.45) is -2.79. The summed E-state index contributed by atoms with van der Waals surface area (Å²) in [5.74, 6) is 0. The number of carbonyl (C=O) groups is 1. The van der Waals surface area contributed by atoms with Crippen LogP contribution >= 0.6 is 11.6 Å². The number of halogens is 3. The van der Waals surface area contributed by atoms with Crippen LogP contribution in [0.2, 0.25) is 0 Å². The highest BCUT2D eigenvalue weighted by Crippen LogP contribution is 2.17. The van der Waals surface area contributed by atoms with E-state index in [-0.39, 0.29) is 5.69 Å². The van der Waals surface area contributed by atoms with Gasteiger partial charge in [-0.25, -0.2) is 8.78 Å². The summed E-state index contributed by atoms with van der Waals surface area (Å²) in [5.41, 5.74) is -1.63. The zero-order valence-electron chi connectivity index (χ0n) is 6.18. The molecule has 0 aliphatic heterocycles. The van der Waals surface area contributed by atoms with Crippen LogP contribution in [0.4, 0.5) is 8.78 Å². The van der Waals surface area contributed by atoms with Crippen LogP contribution < -0.4 is 5.56 Å². The van der Waals surface area contributed by atoms with E-state index in [0.717, 1.165) is 6.07 Å². The molecule has 0 aliphatic rings. The molecule has 1 N–H and O–H groups in total. The Bertz CT molecular complexity index is 388. The van der Waals surface area contributed by atoms with Gasteiger partial charge in [0.05, 0.1) is 0 Å². The molecular formula is C7H4ClF2NO2. The second kappa shape index (κ2) is 3.66. The third-order valence-corrected chi connectivity index (χ3v) is 1.53. The summed E-state index contributed by atoms with van der Waals surface area (Å²) in [6, 6.07) is 1.56. The first-order valence-corrected chi connectivity index (χ1v) is 3.61. The van der Waals surface area contributed by atoms with Gasteiger partial charge in [0.25, 0.3) is 11.7 Å². The van der Waals surface area contributed by atoms with E-state index in [4.69, 9.17) is 11.6 Å². The molecule has 0 aliphatic carbocycles. The number of pyridine rings is 1. The van der Waals surface area contributed by atoms with Gasteiger partial charge in [0.2, 0.25) is 5.56 Å². The molecule has 0 spiro atoms. The van der Waals surface area contributed by atoms with Crippen LogP contribution in [0.1, 0.15) is 22.5 Å². The average molecular weight is 208 g/mol. The second-order valence-electron chi connectivity index (χ2n) is 2.27. The van der Waals surface area contributed by atoms with E-state index in [1.807, 2.05) is 4.98 Å². The Morgan fingerprint density at radius 3 is 2.54 bits per heavy atom. The zero-order chi connectivity index (χ0) is 10.0. The Hall–Kier alpha value is -1.23. The minimum absolute atomic E-state index is 0.329. The Morgan fingerprint density at radius 1 is 1.46 bits per heavy atom. The summed E-state index contributed by atoms with van der Waals surface area (Å²) < 4.78 is 24.2. The third-order valence-electron chi connectivity index (χ3n) is 1.33. The molecule has 0 saturated carbocycles. The van der Waals surface area contributed by atoms with Gasteiger partial charge in [-0.2, -0.15) is 0 Å². The fraction of sp³-hybridized carbons (Fsp3) is 0.143. The largest absolute Gasteiger partial charge is 0.318 e. The number of H-pyrrole nitrogens is 1. The Kier molecular flexibility index (Phi) is 2.77. The molecule has 6 heteroatoms. The molecule has 1 aromatic rings. The fourth-order valence-corrected chi connectivity index (χ4v) is 0.898. The number of nitrogens with one attached hydrogen (secondary N) is 1. The molecule has 0 bridgehead atoms. The first-order valence-electron chi connectivity index (χ1n) is 3.23. The quantitative estimate of drug-likeness (QED) is 0.751. The van der Waals surface area contributed by atoms with Crippen LogP contribution in [0.3, 0.4) is 0 Å². The Labute approximate surface area is 76.3 Å². The van der Waals surface area contributed by atoms with Crippen molar-refractivity contribution in [2.45, 2.75) is 6.43 Å².